The summed E-state index contributed by atoms with van der Waals surface area (Å²) in [6, 6.07) is 16.7. The van der Waals surface area contributed by atoms with Crippen LogP contribution in [0.4, 0.5) is 0 Å². The Labute approximate surface area is 198 Å². The third-order valence-electron chi connectivity index (χ3n) is 7.64. The van der Waals surface area contributed by atoms with Crippen LogP contribution >= 0.6 is 23.5 Å². The first-order chi connectivity index (χ1) is 15.3. The minimum Gasteiger partial charge on any atom is -0.391 e. The molecule has 0 aromatic heterocycles. The lowest BCUT2D eigenvalue weighted by Gasteiger charge is -2.53. The maximum Gasteiger partial charge on any atom is 0.155 e. The highest BCUT2D eigenvalue weighted by molar-refractivity contribution is 8.00. The number of nitrogens with zero attached hydrogens (tertiary/aromatic N) is 1. The number of hydrogen-bond donors (Lipinski definition) is 2. The molecule has 0 radical (unpaired) electrons. The molecule has 0 unspecified atom stereocenters. The quantitative estimate of drug-likeness (QED) is 0.698. The molecule has 32 heavy (non-hydrogen) atoms. The number of Topliss-reactive ketones (excluding diaryl/α,β-unsaturated/α-hetero) is 1. The zero-order valence-corrected chi connectivity index (χ0v) is 20.5. The number of likely N-dealkylation sites (tertiary alicyclic amines) is 1. The SMILES string of the molecule is Cc1ccc([C@H]2SC[C@H](O)[C@@]23CN(C)C[C@@]2(C3=O)[C@H](O)CS[C@H]2c2ccc(C)cc2)cc1. The van der Waals surface area contributed by atoms with E-state index in [2.05, 4.69) is 67.3 Å². The number of aliphatic hydroxyl groups is 2. The highest BCUT2D eigenvalue weighted by atomic mass is 32.2. The van der Waals surface area contributed by atoms with E-state index in [0.717, 1.165) is 11.1 Å². The largest absolute Gasteiger partial charge is 0.391 e. The molecule has 3 heterocycles. The van der Waals surface area contributed by atoms with Crippen LogP contribution in [0.25, 0.3) is 0 Å². The number of rotatable bonds is 2. The number of thioether (sulfide) groups is 2. The Morgan fingerprint density at radius 2 is 1.16 bits per heavy atom. The molecule has 3 fully saturated rings. The zero-order valence-electron chi connectivity index (χ0n) is 18.8. The Kier molecular flexibility index (Phi) is 5.74. The highest BCUT2D eigenvalue weighted by Gasteiger charge is 2.69. The van der Waals surface area contributed by atoms with Crippen molar-refractivity contribution in [1.82, 2.24) is 4.90 Å². The van der Waals surface area contributed by atoms with Crippen molar-refractivity contribution in [3.05, 3.63) is 70.8 Å². The number of carbonyl (C=O) groups is 1. The van der Waals surface area contributed by atoms with Gasteiger partial charge < -0.3 is 15.1 Å². The molecular weight excluding hydrogens is 438 g/mol. The van der Waals surface area contributed by atoms with E-state index in [1.807, 2.05) is 7.05 Å². The summed E-state index contributed by atoms with van der Waals surface area (Å²) in [5, 5.41) is 22.4. The Morgan fingerprint density at radius 1 is 0.781 bits per heavy atom. The molecule has 0 amide bonds. The molecule has 0 aliphatic carbocycles. The second-order valence-corrected chi connectivity index (χ2v) is 12.1. The van der Waals surface area contributed by atoms with Gasteiger partial charge in [0.05, 0.1) is 23.0 Å². The summed E-state index contributed by atoms with van der Waals surface area (Å²) in [5.41, 5.74) is 2.67. The maximum atomic E-state index is 14.7. The standard InChI is InChI=1S/C26H31NO3S2/c1-16-4-8-18(9-5-16)22-25(20(28)12-31-22)14-27(3)15-26(24(25)30)21(29)13-32-23(26)19-10-6-17(2)7-11-19/h4-11,20-23,28-29H,12-15H2,1-3H3/t20-,21+,22+,23-,25-,26+. The van der Waals surface area contributed by atoms with E-state index in [0.29, 0.717) is 24.6 Å². The monoisotopic (exact) mass is 469 g/mol. The first-order valence-corrected chi connectivity index (χ1v) is 13.3. The summed E-state index contributed by atoms with van der Waals surface area (Å²) in [6.07, 6.45) is -1.47. The number of carbonyl (C=O) groups excluding carboxylic acids is 1. The predicted molar refractivity (Wildman–Crippen MR) is 132 cm³/mol. The second kappa shape index (κ2) is 8.17. The van der Waals surface area contributed by atoms with Gasteiger partial charge in [-0.25, -0.2) is 0 Å². The van der Waals surface area contributed by atoms with Crippen LogP contribution in [0, 0.1) is 24.7 Å². The number of hydrogen-bond acceptors (Lipinski definition) is 6. The molecule has 2 N–H and O–H groups in total. The number of benzene rings is 2. The molecule has 0 saturated carbocycles. The molecule has 3 saturated heterocycles. The number of ketones is 1. The van der Waals surface area contributed by atoms with Crippen molar-refractivity contribution in [3.8, 4) is 0 Å². The molecule has 0 bridgehead atoms. The van der Waals surface area contributed by atoms with Gasteiger partial charge in [-0.15, -0.1) is 23.5 Å². The number of aliphatic hydroxyl groups excluding tert-OH is 2. The van der Waals surface area contributed by atoms with Crippen LogP contribution in [-0.2, 0) is 4.79 Å². The van der Waals surface area contributed by atoms with Gasteiger partial charge >= 0.3 is 0 Å². The van der Waals surface area contributed by atoms with Crippen LogP contribution in [0.15, 0.2) is 48.5 Å². The molecule has 3 aliphatic rings. The first kappa shape index (κ1) is 22.5. The van der Waals surface area contributed by atoms with Gasteiger partial charge in [-0.3, -0.25) is 4.79 Å². The molecule has 2 spiro atoms. The predicted octanol–water partition coefficient (Wildman–Crippen LogP) is 3.79. The Bertz CT molecular complexity index is 931. The van der Waals surface area contributed by atoms with E-state index in [1.165, 1.54) is 11.1 Å². The third-order valence-corrected chi connectivity index (χ3v) is 10.7. The fraction of sp³-hybridized carbons (Fsp3) is 0.500. The van der Waals surface area contributed by atoms with Crippen LogP contribution in [0.5, 0.6) is 0 Å². The number of piperidine rings is 1. The fourth-order valence-electron chi connectivity index (χ4n) is 6.03. The van der Waals surface area contributed by atoms with Gasteiger partial charge in [-0.05, 0) is 32.0 Å². The summed E-state index contributed by atoms with van der Waals surface area (Å²) in [7, 11) is 2.03. The van der Waals surface area contributed by atoms with Crippen molar-refractivity contribution in [1.29, 1.82) is 0 Å². The lowest BCUT2D eigenvalue weighted by molar-refractivity contribution is -0.163. The van der Waals surface area contributed by atoms with Crippen molar-refractivity contribution in [2.24, 2.45) is 10.8 Å². The summed E-state index contributed by atoms with van der Waals surface area (Å²) >= 11 is 3.35. The van der Waals surface area contributed by atoms with Crippen LogP contribution in [0.1, 0.15) is 32.8 Å². The van der Waals surface area contributed by atoms with Crippen molar-refractivity contribution in [2.75, 3.05) is 31.6 Å². The van der Waals surface area contributed by atoms with E-state index < -0.39 is 23.0 Å². The lowest BCUT2D eigenvalue weighted by atomic mass is 9.58. The van der Waals surface area contributed by atoms with Crippen LogP contribution in [0.2, 0.25) is 0 Å². The smallest absolute Gasteiger partial charge is 0.155 e. The van der Waals surface area contributed by atoms with E-state index in [4.69, 9.17) is 0 Å². The van der Waals surface area contributed by atoms with E-state index in [1.54, 1.807) is 23.5 Å². The van der Waals surface area contributed by atoms with Crippen LogP contribution in [0.3, 0.4) is 0 Å². The fourth-order valence-corrected chi connectivity index (χ4v) is 9.35. The first-order valence-electron chi connectivity index (χ1n) is 11.2. The molecule has 2 aromatic carbocycles. The Balaban J connectivity index is 1.64. The molecule has 2 aromatic rings. The molecule has 4 nitrogen and oxygen atoms in total. The van der Waals surface area contributed by atoms with Gasteiger partial charge in [0.15, 0.2) is 5.78 Å². The van der Waals surface area contributed by atoms with Gasteiger partial charge in [0.25, 0.3) is 0 Å². The molecule has 6 heteroatoms. The van der Waals surface area contributed by atoms with Crippen LogP contribution < -0.4 is 0 Å². The summed E-state index contributed by atoms with van der Waals surface area (Å²) < 4.78 is 0. The Morgan fingerprint density at radius 3 is 1.53 bits per heavy atom. The van der Waals surface area contributed by atoms with Gasteiger partial charge in [0, 0.05) is 35.1 Å². The lowest BCUT2D eigenvalue weighted by Crippen LogP contribution is -2.66. The third kappa shape index (κ3) is 3.22. The van der Waals surface area contributed by atoms with Crippen molar-refractivity contribution < 1.29 is 15.0 Å². The van der Waals surface area contributed by atoms with E-state index in [-0.39, 0.29) is 16.3 Å². The molecule has 170 valence electrons. The molecule has 3 aliphatic heterocycles. The normalized spacial score (nSPS) is 37.6. The molecular formula is C26H31NO3S2. The summed E-state index contributed by atoms with van der Waals surface area (Å²) in [6.45, 7) is 5.14. The Hall–Kier alpha value is -1.31. The minimum absolute atomic E-state index is 0.0502. The minimum atomic E-state index is -0.929. The average Bonchev–Trinajstić information content (AvgIpc) is 3.26. The van der Waals surface area contributed by atoms with Crippen molar-refractivity contribution >= 4 is 29.3 Å². The molecule has 6 atom stereocenters. The van der Waals surface area contributed by atoms with Gasteiger partial charge in [-0.1, -0.05) is 59.7 Å². The van der Waals surface area contributed by atoms with Crippen molar-refractivity contribution in [3.63, 3.8) is 0 Å². The topological polar surface area (TPSA) is 60.8 Å². The summed E-state index contributed by atoms with van der Waals surface area (Å²) in [4.78, 5) is 16.8. The maximum absolute atomic E-state index is 14.7. The van der Waals surface area contributed by atoms with Gasteiger partial charge in [-0.2, -0.15) is 0 Å². The van der Waals surface area contributed by atoms with E-state index in [9.17, 15) is 15.0 Å². The number of aryl methyl sites for hydroxylation is 2. The van der Waals surface area contributed by atoms with E-state index >= 15 is 0 Å². The van der Waals surface area contributed by atoms with Crippen molar-refractivity contribution in [2.45, 2.75) is 36.6 Å². The zero-order chi connectivity index (χ0) is 22.7. The second-order valence-electron chi connectivity index (χ2n) is 9.86. The van der Waals surface area contributed by atoms with Gasteiger partial charge in [0.2, 0.25) is 0 Å². The van der Waals surface area contributed by atoms with Crippen LogP contribution in [-0.4, -0.2) is 64.7 Å². The molecule has 5 rings (SSSR count). The van der Waals surface area contributed by atoms with Gasteiger partial charge in [0.1, 0.15) is 0 Å². The summed E-state index contributed by atoms with van der Waals surface area (Å²) in [5.74, 6) is 1.12. The highest BCUT2D eigenvalue weighted by Crippen LogP contribution is 2.64. The average molecular weight is 470 g/mol.